The van der Waals surface area contributed by atoms with Gasteiger partial charge in [0.05, 0.1) is 0 Å². The Hall–Kier alpha value is -0.590. The molecule has 0 bridgehead atoms. The van der Waals surface area contributed by atoms with Crippen LogP contribution in [0.4, 0.5) is 0 Å². The maximum Gasteiger partial charge on any atom is 0.132 e. The Morgan fingerprint density at radius 3 is 2.60 bits per heavy atom. The summed E-state index contributed by atoms with van der Waals surface area (Å²) in [6, 6.07) is 0. The average Bonchev–Trinajstić information content (AvgIpc) is 2.39. The van der Waals surface area contributed by atoms with Gasteiger partial charge in [-0.1, -0.05) is 32.4 Å². The molecule has 0 N–H and O–H groups in total. The largest absolute Gasteiger partial charge is 0.300 e. The van der Waals surface area contributed by atoms with Gasteiger partial charge in [-0.3, -0.25) is 4.79 Å². The van der Waals surface area contributed by atoms with Gasteiger partial charge in [0.2, 0.25) is 0 Å². The van der Waals surface area contributed by atoms with Gasteiger partial charge in [-0.05, 0) is 44.4 Å². The lowest BCUT2D eigenvalue weighted by molar-refractivity contribution is -0.120. The number of rotatable bonds is 4. The first kappa shape index (κ1) is 12.5. The SMILES string of the molecule is CC(=O)C(C)CCC1CC=C(C)C1(C)C. The van der Waals surface area contributed by atoms with E-state index in [4.69, 9.17) is 0 Å². The third-order valence-corrected chi connectivity index (χ3v) is 4.39. The molecule has 2 unspecified atom stereocenters. The summed E-state index contributed by atoms with van der Waals surface area (Å²) in [5.41, 5.74) is 1.86. The molecule has 0 aromatic heterocycles. The molecule has 0 aliphatic heterocycles. The quantitative estimate of drug-likeness (QED) is 0.639. The number of carbonyl (C=O) groups excluding carboxylic acids is 1. The minimum atomic E-state index is 0.238. The summed E-state index contributed by atoms with van der Waals surface area (Å²) in [5, 5.41) is 0. The van der Waals surface area contributed by atoms with Crippen LogP contribution in [0.15, 0.2) is 11.6 Å². The van der Waals surface area contributed by atoms with E-state index in [9.17, 15) is 4.79 Å². The van der Waals surface area contributed by atoms with Crippen molar-refractivity contribution in [1.29, 1.82) is 0 Å². The topological polar surface area (TPSA) is 17.1 Å². The molecule has 0 amide bonds. The minimum absolute atomic E-state index is 0.238. The lowest BCUT2D eigenvalue weighted by Crippen LogP contribution is -2.21. The van der Waals surface area contributed by atoms with Gasteiger partial charge in [-0.15, -0.1) is 0 Å². The zero-order valence-electron chi connectivity index (χ0n) is 10.8. The lowest BCUT2D eigenvalue weighted by Gasteiger charge is -2.30. The molecule has 15 heavy (non-hydrogen) atoms. The van der Waals surface area contributed by atoms with Crippen molar-refractivity contribution in [2.45, 2.75) is 53.9 Å². The van der Waals surface area contributed by atoms with E-state index in [1.54, 1.807) is 6.92 Å². The van der Waals surface area contributed by atoms with E-state index in [-0.39, 0.29) is 5.92 Å². The number of ketones is 1. The van der Waals surface area contributed by atoms with E-state index in [2.05, 4.69) is 26.8 Å². The van der Waals surface area contributed by atoms with Crippen LogP contribution in [0.3, 0.4) is 0 Å². The first-order valence-electron chi connectivity index (χ1n) is 6.03. The maximum absolute atomic E-state index is 11.2. The molecule has 0 radical (unpaired) electrons. The normalized spacial score (nSPS) is 26.2. The summed E-state index contributed by atoms with van der Waals surface area (Å²) in [7, 11) is 0. The number of allylic oxidation sites excluding steroid dienone is 2. The monoisotopic (exact) mass is 208 g/mol. The van der Waals surface area contributed by atoms with Crippen LogP contribution >= 0.6 is 0 Å². The maximum atomic E-state index is 11.2. The van der Waals surface area contributed by atoms with Crippen molar-refractivity contribution in [2.75, 3.05) is 0 Å². The highest BCUT2D eigenvalue weighted by molar-refractivity contribution is 5.77. The second-order valence-electron chi connectivity index (χ2n) is 5.63. The average molecular weight is 208 g/mol. The summed E-state index contributed by atoms with van der Waals surface area (Å²) in [5.74, 6) is 1.30. The van der Waals surface area contributed by atoms with Gasteiger partial charge in [0.1, 0.15) is 5.78 Å². The Labute approximate surface area is 93.9 Å². The summed E-state index contributed by atoms with van der Waals surface area (Å²) in [4.78, 5) is 11.2. The molecule has 0 saturated carbocycles. The fraction of sp³-hybridized carbons (Fsp3) is 0.786. The fourth-order valence-electron chi connectivity index (χ4n) is 2.33. The Balaban J connectivity index is 2.46. The molecule has 0 aromatic rings. The molecule has 0 aromatic carbocycles. The number of carbonyl (C=O) groups is 1. The molecule has 1 aliphatic carbocycles. The molecule has 2 atom stereocenters. The fourth-order valence-corrected chi connectivity index (χ4v) is 2.33. The smallest absolute Gasteiger partial charge is 0.132 e. The van der Waals surface area contributed by atoms with Crippen molar-refractivity contribution < 1.29 is 4.79 Å². The van der Waals surface area contributed by atoms with Crippen LogP contribution in [0.25, 0.3) is 0 Å². The van der Waals surface area contributed by atoms with Gasteiger partial charge < -0.3 is 0 Å². The van der Waals surface area contributed by atoms with Gasteiger partial charge in [0, 0.05) is 5.92 Å². The molecule has 0 fully saturated rings. The molecule has 1 rings (SSSR count). The van der Waals surface area contributed by atoms with Gasteiger partial charge in [-0.2, -0.15) is 0 Å². The molecule has 1 aliphatic rings. The van der Waals surface area contributed by atoms with Gasteiger partial charge in [0.25, 0.3) is 0 Å². The summed E-state index contributed by atoms with van der Waals surface area (Å²) in [6.07, 6.45) is 5.79. The molecule has 86 valence electrons. The number of hydrogen-bond donors (Lipinski definition) is 0. The van der Waals surface area contributed by atoms with Crippen molar-refractivity contribution in [3.63, 3.8) is 0 Å². The molecule has 0 saturated heterocycles. The molecular formula is C14H24O. The van der Waals surface area contributed by atoms with Crippen LogP contribution in [-0.4, -0.2) is 5.78 Å². The van der Waals surface area contributed by atoms with Crippen LogP contribution < -0.4 is 0 Å². The Morgan fingerprint density at radius 1 is 1.60 bits per heavy atom. The minimum Gasteiger partial charge on any atom is -0.300 e. The van der Waals surface area contributed by atoms with Crippen LogP contribution in [0, 0.1) is 17.3 Å². The second-order valence-corrected chi connectivity index (χ2v) is 5.63. The van der Waals surface area contributed by atoms with Crippen molar-refractivity contribution in [3.05, 3.63) is 11.6 Å². The van der Waals surface area contributed by atoms with Gasteiger partial charge in [-0.25, -0.2) is 0 Å². The zero-order valence-corrected chi connectivity index (χ0v) is 10.8. The molecule has 0 spiro atoms. The summed E-state index contributed by atoms with van der Waals surface area (Å²) < 4.78 is 0. The van der Waals surface area contributed by atoms with Crippen LogP contribution in [-0.2, 0) is 4.79 Å². The third-order valence-electron chi connectivity index (χ3n) is 4.39. The van der Waals surface area contributed by atoms with E-state index in [0.717, 1.165) is 12.3 Å². The Morgan fingerprint density at radius 2 is 2.20 bits per heavy atom. The van der Waals surface area contributed by atoms with E-state index < -0.39 is 0 Å². The molecular weight excluding hydrogens is 184 g/mol. The van der Waals surface area contributed by atoms with Crippen LogP contribution in [0.2, 0.25) is 0 Å². The summed E-state index contributed by atoms with van der Waals surface area (Å²) in [6.45, 7) is 10.6. The number of hydrogen-bond acceptors (Lipinski definition) is 1. The third kappa shape index (κ3) is 2.70. The first-order valence-corrected chi connectivity index (χ1v) is 6.03. The van der Waals surface area contributed by atoms with Crippen molar-refractivity contribution in [1.82, 2.24) is 0 Å². The standard InChI is InChI=1S/C14H24O/c1-10(12(3)15)6-8-13-9-7-11(2)14(13,4)5/h7,10,13H,6,8-9H2,1-5H3. The predicted octanol–water partition coefficient (Wildman–Crippen LogP) is 3.98. The highest BCUT2D eigenvalue weighted by atomic mass is 16.1. The second kappa shape index (κ2) is 4.51. The van der Waals surface area contributed by atoms with Crippen molar-refractivity contribution in [2.24, 2.45) is 17.3 Å². The van der Waals surface area contributed by atoms with E-state index >= 15 is 0 Å². The predicted molar refractivity (Wildman–Crippen MR) is 64.7 cm³/mol. The Kier molecular flexibility index (Phi) is 3.75. The summed E-state index contributed by atoms with van der Waals surface area (Å²) >= 11 is 0. The van der Waals surface area contributed by atoms with Gasteiger partial charge >= 0.3 is 0 Å². The van der Waals surface area contributed by atoms with E-state index in [1.165, 1.54) is 18.4 Å². The zero-order chi connectivity index (χ0) is 11.6. The van der Waals surface area contributed by atoms with Crippen molar-refractivity contribution in [3.8, 4) is 0 Å². The lowest BCUT2D eigenvalue weighted by atomic mass is 9.75. The van der Waals surface area contributed by atoms with Gasteiger partial charge in [0.15, 0.2) is 0 Å². The highest BCUT2D eigenvalue weighted by Gasteiger charge is 2.34. The highest BCUT2D eigenvalue weighted by Crippen LogP contribution is 2.45. The van der Waals surface area contributed by atoms with E-state index in [1.807, 2.05) is 6.92 Å². The molecule has 1 heteroatoms. The Bertz CT molecular complexity index is 273. The number of Topliss-reactive ketones (excluding diaryl/α,β-unsaturated/α-hetero) is 1. The first-order chi connectivity index (χ1) is 6.85. The molecule has 0 heterocycles. The van der Waals surface area contributed by atoms with Crippen LogP contribution in [0.1, 0.15) is 53.9 Å². The van der Waals surface area contributed by atoms with Crippen LogP contribution in [0.5, 0.6) is 0 Å². The van der Waals surface area contributed by atoms with E-state index in [0.29, 0.717) is 11.2 Å². The van der Waals surface area contributed by atoms with Crippen molar-refractivity contribution >= 4 is 5.78 Å². The molecule has 1 nitrogen and oxygen atoms in total.